The van der Waals surface area contributed by atoms with Crippen LogP contribution in [0.25, 0.3) is 33.2 Å². The number of benzene rings is 2. The van der Waals surface area contributed by atoms with E-state index in [0.717, 1.165) is 54.7 Å². The van der Waals surface area contributed by atoms with Crippen molar-refractivity contribution in [1.29, 1.82) is 0 Å². The first-order valence-corrected chi connectivity index (χ1v) is 11.4. The van der Waals surface area contributed by atoms with Gasteiger partial charge in [0.15, 0.2) is 11.3 Å². The lowest BCUT2D eigenvalue weighted by molar-refractivity contribution is 0.612. The zero-order valence-corrected chi connectivity index (χ0v) is 18.6. The maximum Gasteiger partial charge on any atom is 0.265 e. The lowest BCUT2D eigenvalue weighted by atomic mass is 10.1. The van der Waals surface area contributed by atoms with Crippen molar-refractivity contribution >= 4 is 33.2 Å². The number of hydrogen-bond acceptors (Lipinski definition) is 4. The number of fused-ring (bicyclic) bond motifs is 4. The van der Waals surface area contributed by atoms with Gasteiger partial charge in [-0.2, -0.15) is 0 Å². The van der Waals surface area contributed by atoms with E-state index in [0.29, 0.717) is 23.1 Å². The van der Waals surface area contributed by atoms with Gasteiger partial charge in [-0.05, 0) is 37.5 Å². The first-order valence-electron chi connectivity index (χ1n) is 11.4. The highest BCUT2D eigenvalue weighted by Crippen LogP contribution is 2.26. The quantitative estimate of drug-likeness (QED) is 0.343. The molecule has 162 valence electrons. The predicted octanol–water partition coefficient (Wildman–Crippen LogP) is 5.04. The molecule has 0 amide bonds. The Hall–Kier alpha value is -3.54. The Labute approximate surface area is 186 Å². The van der Waals surface area contributed by atoms with Gasteiger partial charge in [0.1, 0.15) is 16.7 Å². The van der Waals surface area contributed by atoms with Gasteiger partial charge in [-0.15, -0.1) is 0 Å². The number of unbranched alkanes of at least 4 members (excludes halogenated alkanes) is 2. The van der Waals surface area contributed by atoms with E-state index in [4.69, 9.17) is 15.0 Å². The predicted molar refractivity (Wildman–Crippen MR) is 129 cm³/mol. The standard InChI is InChI=1S/C26H27N5O/c1-3-4-10-16-31-24-22(23-25(31)29-21-14-9-8-13-20(21)28-23)26(32)30(18(2)27-24)17-15-19-11-6-5-7-12-19/h5-9,11-14H,3-4,10,15-17H2,1-2H3. The van der Waals surface area contributed by atoms with Crippen molar-refractivity contribution < 1.29 is 0 Å². The Morgan fingerprint density at radius 2 is 1.50 bits per heavy atom. The number of aryl methyl sites for hydroxylation is 3. The molecule has 6 heteroatoms. The summed E-state index contributed by atoms with van der Waals surface area (Å²) in [5, 5.41) is 0.577. The third-order valence-corrected chi connectivity index (χ3v) is 6.09. The summed E-state index contributed by atoms with van der Waals surface area (Å²) >= 11 is 0. The van der Waals surface area contributed by atoms with Gasteiger partial charge in [0, 0.05) is 13.1 Å². The average Bonchev–Trinajstić information content (AvgIpc) is 3.10. The Balaban J connectivity index is 1.71. The zero-order chi connectivity index (χ0) is 22.1. The van der Waals surface area contributed by atoms with E-state index in [-0.39, 0.29) is 5.56 Å². The molecule has 0 aliphatic carbocycles. The van der Waals surface area contributed by atoms with Crippen molar-refractivity contribution in [2.24, 2.45) is 0 Å². The van der Waals surface area contributed by atoms with Gasteiger partial charge < -0.3 is 4.57 Å². The zero-order valence-electron chi connectivity index (χ0n) is 18.6. The highest BCUT2D eigenvalue weighted by molar-refractivity contribution is 6.04. The molecule has 2 aromatic carbocycles. The highest BCUT2D eigenvalue weighted by Gasteiger charge is 2.21. The second-order valence-electron chi connectivity index (χ2n) is 8.29. The average molecular weight is 426 g/mol. The molecule has 0 spiro atoms. The normalized spacial score (nSPS) is 11.7. The van der Waals surface area contributed by atoms with Gasteiger partial charge in [0.25, 0.3) is 5.56 Å². The van der Waals surface area contributed by atoms with Gasteiger partial charge >= 0.3 is 0 Å². The van der Waals surface area contributed by atoms with Crippen LogP contribution in [-0.4, -0.2) is 24.1 Å². The lowest BCUT2D eigenvalue weighted by Crippen LogP contribution is -2.25. The van der Waals surface area contributed by atoms with Crippen molar-refractivity contribution in [2.45, 2.75) is 52.6 Å². The van der Waals surface area contributed by atoms with Gasteiger partial charge in [-0.25, -0.2) is 15.0 Å². The number of para-hydroxylation sites is 2. The van der Waals surface area contributed by atoms with Crippen LogP contribution < -0.4 is 5.56 Å². The summed E-state index contributed by atoms with van der Waals surface area (Å²) in [7, 11) is 0. The molecule has 0 N–H and O–H groups in total. The molecule has 0 saturated carbocycles. The summed E-state index contributed by atoms with van der Waals surface area (Å²) in [5.41, 5.74) is 4.90. The summed E-state index contributed by atoms with van der Waals surface area (Å²) in [6.45, 7) is 5.46. The summed E-state index contributed by atoms with van der Waals surface area (Å²) in [5.74, 6) is 0.725. The van der Waals surface area contributed by atoms with Crippen LogP contribution in [0.3, 0.4) is 0 Å². The number of hydrogen-bond donors (Lipinski definition) is 0. The molecule has 3 heterocycles. The number of rotatable bonds is 7. The third-order valence-electron chi connectivity index (χ3n) is 6.09. The van der Waals surface area contributed by atoms with Crippen LogP contribution in [0.15, 0.2) is 59.4 Å². The van der Waals surface area contributed by atoms with Crippen LogP contribution >= 0.6 is 0 Å². The molecule has 0 fully saturated rings. The minimum Gasteiger partial charge on any atom is -0.308 e. The van der Waals surface area contributed by atoms with Crippen LogP contribution in [0.5, 0.6) is 0 Å². The molecular formula is C26H27N5O. The van der Waals surface area contributed by atoms with E-state index >= 15 is 0 Å². The van der Waals surface area contributed by atoms with E-state index in [1.54, 1.807) is 4.57 Å². The van der Waals surface area contributed by atoms with Gasteiger partial charge in [0.2, 0.25) is 0 Å². The molecule has 0 bridgehead atoms. The summed E-state index contributed by atoms with van der Waals surface area (Å²) in [6.07, 6.45) is 4.04. The van der Waals surface area contributed by atoms with Gasteiger partial charge in [-0.3, -0.25) is 9.36 Å². The van der Waals surface area contributed by atoms with Gasteiger partial charge in [-0.1, -0.05) is 62.2 Å². The second-order valence-corrected chi connectivity index (χ2v) is 8.29. The van der Waals surface area contributed by atoms with Crippen LogP contribution in [0.1, 0.15) is 37.6 Å². The molecular weight excluding hydrogens is 398 g/mol. The summed E-state index contributed by atoms with van der Waals surface area (Å²) in [6, 6.07) is 18.0. The number of nitrogens with zero attached hydrogens (tertiary/aromatic N) is 5. The first kappa shape index (κ1) is 20.4. The fourth-order valence-corrected chi connectivity index (χ4v) is 4.38. The lowest BCUT2D eigenvalue weighted by Gasteiger charge is -2.11. The molecule has 0 unspecified atom stereocenters. The fraction of sp³-hybridized carbons (Fsp3) is 0.308. The van der Waals surface area contributed by atoms with E-state index in [9.17, 15) is 4.79 Å². The summed E-state index contributed by atoms with van der Waals surface area (Å²) in [4.78, 5) is 28.4. The Bertz CT molecular complexity index is 1470. The van der Waals surface area contributed by atoms with Crippen LogP contribution in [0.4, 0.5) is 0 Å². The maximum absolute atomic E-state index is 13.7. The number of aromatic nitrogens is 5. The Kier molecular flexibility index (Phi) is 5.43. The van der Waals surface area contributed by atoms with Crippen molar-refractivity contribution in [3.05, 3.63) is 76.3 Å². The largest absolute Gasteiger partial charge is 0.308 e. The minimum atomic E-state index is -0.0350. The van der Waals surface area contributed by atoms with Crippen molar-refractivity contribution in [3.63, 3.8) is 0 Å². The minimum absolute atomic E-state index is 0.0350. The molecule has 3 aromatic heterocycles. The Morgan fingerprint density at radius 3 is 2.25 bits per heavy atom. The van der Waals surface area contributed by atoms with Crippen LogP contribution in [-0.2, 0) is 19.5 Å². The molecule has 0 saturated heterocycles. The summed E-state index contributed by atoms with van der Waals surface area (Å²) < 4.78 is 3.87. The topological polar surface area (TPSA) is 65.6 Å². The molecule has 5 rings (SSSR count). The SMILES string of the molecule is CCCCCn1c2nc3ccccc3nc2c2c(=O)n(CCc3ccccc3)c(C)nc21. The van der Waals surface area contributed by atoms with E-state index in [1.807, 2.05) is 49.4 Å². The van der Waals surface area contributed by atoms with Crippen molar-refractivity contribution in [1.82, 2.24) is 24.1 Å². The molecule has 0 atom stereocenters. The van der Waals surface area contributed by atoms with Crippen LogP contribution in [0, 0.1) is 6.92 Å². The van der Waals surface area contributed by atoms with Crippen LogP contribution in [0.2, 0.25) is 0 Å². The third kappa shape index (κ3) is 3.55. The molecule has 0 radical (unpaired) electrons. The monoisotopic (exact) mass is 425 g/mol. The maximum atomic E-state index is 13.7. The highest BCUT2D eigenvalue weighted by atomic mass is 16.1. The van der Waals surface area contributed by atoms with Crippen molar-refractivity contribution in [3.8, 4) is 0 Å². The molecule has 32 heavy (non-hydrogen) atoms. The molecule has 5 aromatic rings. The fourth-order valence-electron chi connectivity index (χ4n) is 4.38. The Morgan fingerprint density at radius 1 is 0.781 bits per heavy atom. The van der Waals surface area contributed by atoms with E-state index in [1.165, 1.54) is 5.56 Å². The first-order chi connectivity index (χ1) is 15.7. The van der Waals surface area contributed by atoms with Crippen molar-refractivity contribution in [2.75, 3.05) is 0 Å². The molecule has 0 aliphatic heterocycles. The van der Waals surface area contributed by atoms with E-state index < -0.39 is 0 Å². The smallest absolute Gasteiger partial charge is 0.265 e. The second kappa shape index (κ2) is 8.54. The molecule has 6 nitrogen and oxygen atoms in total. The molecule has 0 aliphatic rings. The van der Waals surface area contributed by atoms with E-state index in [2.05, 4.69) is 23.6 Å². The van der Waals surface area contributed by atoms with Gasteiger partial charge in [0.05, 0.1) is 11.0 Å².